The molecule has 0 saturated heterocycles. The number of benzene rings is 1. The number of likely N-dealkylation sites (N-methyl/N-ethyl adjacent to an activating group) is 1. The van der Waals surface area contributed by atoms with Crippen molar-refractivity contribution < 1.29 is 29.3 Å². The Labute approximate surface area is 128 Å². The standard InChI is InChI=1S/C15H19NO6/c1-4-6-11-12(8-7-10(9(3)17)13(11)18)21-22-15(20)14(19)16-5-2/h7-8,18H,4-6H2,1-3H3,(H,16,19). The molecule has 2 N–H and O–H groups in total. The molecule has 0 fully saturated rings. The summed E-state index contributed by atoms with van der Waals surface area (Å²) >= 11 is 0. The molecule has 1 rings (SSSR count). The summed E-state index contributed by atoms with van der Waals surface area (Å²) in [5.74, 6) is -2.54. The number of Topliss-reactive ketones (excluding diaryl/α,β-unsaturated/α-hetero) is 1. The van der Waals surface area contributed by atoms with E-state index in [0.717, 1.165) is 0 Å². The van der Waals surface area contributed by atoms with Crippen LogP contribution in [-0.2, 0) is 20.9 Å². The van der Waals surface area contributed by atoms with E-state index in [2.05, 4.69) is 10.2 Å². The second-order valence-corrected chi connectivity index (χ2v) is 4.56. The van der Waals surface area contributed by atoms with Gasteiger partial charge in [0.1, 0.15) is 5.75 Å². The third-order valence-electron chi connectivity index (χ3n) is 2.85. The Hall–Kier alpha value is -2.57. The molecule has 0 aliphatic heterocycles. The van der Waals surface area contributed by atoms with Crippen LogP contribution in [0, 0.1) is 0 Å². The van der Waals surface area contributed by atoms with Crippen LogP contribution in [0.3, 0.4) is 0 Å². The maximum absolute atomic E-state index is 11.4. The van der Waals surface area contributed by atoms with Crippen LogP contribution < -0.4 is 10.2 Å². The number of hydrogen-bond donors (Lipinski definition) is 2. The Morgan fingerprint density at radius 3 is 2.45 bits per heavy atom. The highest BCUT2D eigenvalue weighted by molar-refractivity contribution is 6.32. The van der Waals surface area contributed by atoms with Crippen LogP contribution in [-0.4, -0.2) is 29.3 Å². The number of aromatic hydroxyl groups is 1. The molecular weight excluding hydrogens is 290 g/mol. The molecule has 0 aliphatic carbocycles. The summed E-state index contributed by atoms with van der Waals surface area (Å²) in [6.45, 7) is 5.15. The van der Waals surface area contributed by atoms with Crippen LogP contribution in [0.15, 0.2) is 12.1 Å². The van der Waals surface area contributed by atoms with Crippen molar-refractivity contribution in [2.45, 2.75) is 33.6 Å². The molecule has 120 valence electrons. The monoisotopic (exact) mass is 309 g/mol. The van der Waals surface area contributed by atoms with Crippen LogP contribution in [0.5, 0.6) is 11.5 Å². The van der Waals surface area contributed by atoms with Gasteiger partial charge in [-0.25, -0.2) is 9.68 Å². The largest absolute Gasteiger partial charge is 0.507 e. The van der Waals surface area contributed by atoms with Crippen LogP contribution in [0.1, 0.15) is 43.1 Å². The number of nitrogens with one attached hydrogen (secondary N) is 1. The van der Waals surface area contributed by atoms with Gasteiger partial charge in [-0.1, -0.05) is 13.3 Å². The summed E-state index contributed by atoms with van der Waals surface area (Å²) in [4.78, 5) is 43.3. The average Bonchev–Trinajstić information content (AvgIpc) is 2.47. The van der Waals surface area contributed by atoms with Gasteiger partial charge in [0.05, 0.1) is 5.56 Å². The van der Waals surface area contributed by atoms with Gasteiger partial charge < -0.3 is 10.4 Å². The number of carbonyl (C=O) groups is 3. The number of phenols is 1. The molecule has 0 saturated carbocycles. The Morgan fingerprint density at radius 1 is 1.23 bits per heavy atom. The third-order valence-corrected chi connectivity index (χ3v) is 2.85. The lowest BCUT2D eigenvalue weighted by Crippen LogP contribution is -2.32. The second kappa shape index (κ2) is 8.02. The van der Waals surface area contributed by atoms with Crippen molar-refractivity contribution in [3.05, 3.63) is 23.3 Å². The lowest BCUT2D eigenvalue weighted by Gasteiger charge is -2.12. The van der Waals surface area contributed by atoms with E-state index in [4.69, 9.17) is 4.89 Å². The van der Waals surface area contributed by atoms with Gasteiger partial charge in [-0.2, -0.15) is 0 Å². The van der Waals surface area contributed by atoms with E-state index in [1.807, 2.05) is 6.92 Å². The molecule has 0 aromatic heterocycles. The number of hydrogen-bond acceptors (Lipinski definition) is 6. The van der Waals surface area contributed by atoms with Gasteiger partial charge in [-0.05, 0) is 32.4 Å². The molecule has 7 heteroatoms. The summed E-state index contributed by atoms with van der Waals surface area (Å²) < 4.78 is 0. The molecule has 0 atom stereocenters. The minimum atomic E-state index is -1.19. The average molecular weight is 309 g/mol. The molecule has 1 aromatic rings. The van der Waals surface area contributed by atoms with E-state index in [0.29, 0.717) is 18.4 Å². The number of carbonyl (C=O) groups excluding carboxylic acids is 3. The Balaban J connectivity index is 2.95. The second-order valence-electron chi connectivity index (χ2n) is 4.56. The van der Waals surface area contributed by atoms with Gasteiger partial charge in [0.25, 0.3) is 0 Å². The van der Waals surface area contributed by atoms with E-state index >= 15 is 0 Å². The van der Waals surface area contributed by atoms with Crippen molar-refractivity contribution in [2.75, 3.05) is 6.54 Å². The van der Waals surface area contributed by atoms with Gasteiger partial charge in [0.2, 0.25) is 0 Å². The molecule has 1 amide bonds. The Morgan fingerprint density at radius 2 is 1.91 bits per heavy atom. The first-order chi connectivity index (χ1) is 10.4. The molecule has 0 heterocycles. The van der Waals surface area contributed by atoms with Crippen molar-refractivity contribution in [1.82, 2.24) is 5.32 Å². The van der Waals surface area contributed by atoms with E-state index in [1.165, 1.54) is 19.1 Å². The highest BCUT2D eigenvalue weighted by Crippen LogP contribution is 2.33. The van der Waals surface area contributed by atoms with Crippen LogP contribution >= 0.6 is 0 Å². The first-order valence-corrected chi connectivity index (χ1v) is 6.94. The molecular formula is C15H19NO6. The minimum Gasteiger partial charge on any atom is -0.507 e. The molecule has 0 radical (unpaired) electrons. The topological polar surface area (TPSA) is 102 Å². The highest BCUT2D eigenvalue weighted by Gasteiger charge is 2.20. The minimum absolute atomic E-state index is 0.0852. The van der Waals surface area contributed by atoms with E-state index in [9.17, 15) is 19.5 Å². The van der Waals surface area contributed by atoms with Gasteiger partial charge >= 0.3 is 11.9 Å². The Bertz CT molecular complexity index is 582. The quantitative estimate of drug-likeness (QED) is 0.357. The first kappa shape index (κ1) is 17.5. The number of ketones is 1. The molecule has 0 spiro atoms. The lowest BCUT2D eigenvalue weighted by atomic mass is 10.0. The van der Waals surface area contributed by atoms with Crippen molar-refractivity contribution in [3.63, 3.8) is 0 Å². The van der Waals surface area contributed by atoms with E-state index < -0.39 is 11.9 Å². The summed E-state index contributed by atoms with van der Waals surface area (Å²) in [5, 5.41) is 12.4. The zero-order valence-corrected chi connectivity index (χ0v) is 12.8. The fourth-order valence-electron chi connectivity index (χ4n) is 1.82. The highest BCUT2D eigenvalue weighted by atomic mass is 17.2. The molecule has 22 heavy (non-hydrogen) atoms. The summed E-state index contributed by atoms with van der Waals surface area (Å²) in [6, 6.07) is 2.78. The molecule has 0 aliphatic rings. The predicted octanol–water partition coefficient (Wildman–Crippen LogP) is 1.52. The Kier molecular flexibility index (Phi) is 6.37. The molecule has 0 unspecified atom stereocenters. The SMILES string of the molecule is CCCc1c(OOC(=O)C(=O)NCC)ccc(C(C)=O)c1O. The zero-order chi connectivity index (χ0) is 16.7. The molecule has 1 aromatic carbocycles. The predicted molar refractivity (Wildman–Crippen MR) is 77.5 cm³/mol. The summed E-state index contributed by atoms with van der Waals surface area (Å²) in [6.07, 6.45) is 1.09. The molecule has 7 nitrogen and oxygen atoms in total. The van der Waals surface area contributed by atoms with E-state index in [1.54, 1.807) is 6.92 Å². The van der Waals surface area contributed by atoms with Crippen LogP contribution in [0.2, 0.25) is 0 Å². The first-order valence-electron chi connectivity index (χ1n) is 6.94. The van der Waals surface area contributed by atoms with Gasteiger partial charge in [0, 0.05) is 12.1 Å². The number of amides is 1. The van der Waals surface area contributed by atoms with Gasteiger partial charge in [-0.15, -0.1) is 0 Å². The maximum Gasteiger partial charge on any atom is 0.442 e. The normalized spacial score (nSPS) is 9.95. The lowest BCUT2D eigenvalue weighted by molar-refractivity contribution is -0.213. The van der Waals surface area contributed by atoms with Crippen LogP contribution in [0.25, 0.3) is 0 Å². The zero-order valence-electron chi connectivity index (χ0n) is 12.8. The smallest absolute Gasteiger partial charge is 0.442 e. The van der Waals surface area contributed by atoms with Crippen molar-refractivity contribution >= 4 is 17.7 Å². The van der Waals surface area contributed by atoms with E-state index in [-0.39, 0.29) is 29.4 Å². The fraction of sp³-hybridized carbons (Fsp3) is 0.400. The third kappa shape index (κ3) is 4.21. The van der Waals surface area contributed by atoms with Crippen molar-refractivity contribution in [1.29, 1.82) is 0 Å². The van der Waals surface area contributed by atoms with Crippen molar-refractivity contribution in [2.24, 2.45) is 0 Å². The summed E-state index contributed by atoms with van der Waals surface area (Å²) in [7, 11) is 0. The van der Waals surface area contributed by atoms with Gasteiger partial charge in [-0.3, -0.25) is 14.5 Å². The maximum atomic E-state index is 11.4. The summed E-state index contributed by atoms with van der Waals surface area (Å²) in [5.41, 5.74) is 0.504. The number of rotatable bonds is 6. The van der Waals surface area contributed by atoms with Crippen LogP contribution in [0.4, 0.5) is 0 Å². The fourth-order valence-corrected chi connectivity index (χ4v) is 1.82. The van der Waals surface area contributed by atoms with Gasteiger partial charge in [0.15, 0.2) is 11.5 Å². The van der Waals surface area contributed by atoms with Crippen molar-refractivity contribution in [3.8, 4) is 11.5 Å². The number of phenolic OH excluding ortho intramolecular Hbond substituents is 1. The molecule has 0 bridgehead atoms.